The van der Waals surface area contributed by atoms with Crippen LogP contribution in [0.5, 0.6) is 11.5 Å². The fraction of sp³-hybridized carbons (Fsp3) is 0.316. The Morgan fingerprint density at radius 3 is 2.36 bits per heavy atom. The van der Waals surface area contributed by atoms with E-state index < -0.39 is 0 Å². The molecule has 2 rings (SSSR count). The first kappa shape index (κ1) is 18.4. The van der Waals surface area contributed by atoms with Crippen molar-refractivity contribution in [1.29, 1.82) is 0 Å². The number of nitrogens with zero attached hydrogens (tertiary/aromatic N) is 2. The summed E-state index contributed by atoms with van der Waals surface area (Å²) >= 11 is 0. The topological polar surface area (TPSA) is 71.5 Å². The number of pyridine rings is 1. The van der Waals surface area contributed by atoms with Gasteiger partial charge in [0, 0.05) is 24.3 Å². The number of benzene rings is 1. The van der Waals surface area contributed by atoms with Crippen LogP contribution in [-0.4, -0.2) is 40.8 Å². The molecule has 0 unspecified atom stereocenters. The summed E-state index contributed by atoms with van der Waals surface area (Å²) in [7, 11) is 1.60. The van der Waals surface area contributed by atoms with Crippen LogP contribution in [0.1, 0.15) is 31.1 Å². The quantitative estimate of drug-likeness (QED) is 0.908. The van der Waals surface area contributed by atoms with Crippen LogP contribution >= 0.6 is 0 Å². The number of likely N-dealkylation sites (N-methyl/N-ethyl adjacent to an activating group) is 1. The fourth-order valence-electron chi connectivity index (χ4n) is 2.17. The minimum atomic E-state index is -0.327. The van der Waals surface area contributed by atoms with Crippen molar-refractivity contribution in [1.82, 2.24) is 15.2 Å². The van der Waals surface area contributed by atoms with Crippen LogP contribution in [0.25, 0.3) is 0 Å². The number of amides is 2. The van der Waals surface area contributed by atoms with Gasteiger partial charge in [-0.15, -0.1) is 0 Å². The molecule has 2 amide bonds. The zero-order valence-electron chi connectivity index (χ0n) is 14.9. The molecule has 0 fully saturated rings. The van der Waals surface area contributed by atoms with E-state index in [1.165, 1.54) is 4.90 Å². The van der Waals surface area contributed by atoms with Crippen molar-refractivity contribution in [2.45, 2.75) is 26.3 Å². The zero-order valence-corrected chi connectivity index (χ0v) is 14.9. The maximum absolute atomic E-state index is 12.4. The van der Waals surface area contributed by atoms with E-state index >= 15 is 0 Å². The van der Waals surface area contributed by atoms with E-state index in [9.17, 15) is 9.59 Å². The summed E-state index contributed by atoms with van der Waals surface area (Å²) in [6.07, 6.45) is 3.28. The van der Waals surface area contributed by atoms with Crippen LogP contribution < -0.4 is 10.1 Å². The van der Waals surface area contributed by atoms with E-state index in [2.05, 4.69) is 10.3 Å². The van der Waals surface area contributed by atoms with E-state index in [-0.39, 0.29) is 23.9 Å². The molecule has 25 heavy (non-hydrogen) atoms. The molecule has 0 bridgehead atoms. The first-order valence-corrected chi connectivity index (χ1v) is 7.99. The van der Waals surface area contributed by atoms with Gasteiger partial charge in [-0.2, -0.15) is 0 Å². The van der Waals surface area contributed by atoms with Crippen molar-refractivity contribution in [2.75, 3.05) is 13.6 Å². The van der Waals surface area contributed by atoms with E-state index in [0.717, 1.165) is 0 Å². The first-order chi connectivity index (χ1) is 11.7. The van der Waals surface area contributed by atoms with E-state index in [0.29, 0.717) is 17.1 Å². The second-order valence-electron chi connectivity index (χ2n) is 6.77. The molecular weight excluding hydrogens is 318 g/mol. The van der Waals surface area contributed by atoms with Gasteiger partial charge < -0.3 is 15.0 Å². The molecule has 1 heterocycles. The molecule has 0 aliphatic rings. The van der Waals surface area contributed by atoms with Crippen LogP contribution in [0.3, 0.4) is 0 Å². The summed E-state index contributed by atoms with van der Waals surface area (Å²) in [5.74, 6) is 0.812. The van der Waals surface area contributed by atoms with Crippen molar-refractivity contribution < 1.29 is 14.3 Å². The highest BCUT2D eigenvalue weighted by atomic mass is 16.5. The predicted molar refractivity (Wildman–Crippen MR) is 95.6 cm³/mol. The number of ether oxygens (including phenoxy) is 1. The number of hydrogen-bond donors (Lipinski definition) is 1. The molecular formula is C19H23N3O3. The predicted octanol–water partition coefficient (Wildman–Crippen LogP) is 2.86. The standard InChI is InChI=1S/C19H23N3O3/c1-19(2,3)21-17(23)13-22(4)18(24)14-7-9-15(10-8-14)25-16-6-5-11-20-12-16/h5-12H,13H2,1-4H3,(H,21,23). The van der Waals surface area contributed by atoms with Crippen LogP contribution in [-0.2, 0) is 4.79 Å². The van der Waals surface area contributed by atoms with Gasteiger partial charge in [-0.3, -0.25) is 14.6 Å². The monoisotopic (exact) mass is 341 g/mol. The maximum Gasteiger partial charge on any atom is 0.254 e. The Bertz CT molecular complexity index is 722. The highest BCUT2D eigenvalue weighted by Gasteiger charge is 2.18. The van der Waals surface area contributed by atoms with Gasteiger partial charge in [0.1, 0.15) is 11.5 Å². The van der Waals surface area contributed by atoms with Gasteiger partial charge in [0.25, 0.3) is 5.91 Å². The molecule has 1 aromatic carbocycles. The summed E-state index contributed by atoms with van der Waals surface area (Å²) < 4.78 is 5.64. The number of rotatable bonds is 5. The Morgan fingerprint density at radius 1 is 1.12 bits per heavy atom. The zero-order chi connectivity index (χ0) is 18.4. The summed E-state index contributed by atoms with van der Waals surface area (Å²) in [5, 5.41) is 2.83. The molecule has 1 aromatic heterocycles. The molecule has 132 valence electrons. The lowest BCUT2D eigenvalue weighted by Crippen LogP contribution is -2.46. The largest absolute Gasteiger partial charge is 0.456 e. The van der Waals surface area contributed by atoms with E-state index in [4.69, 9.17) is 4.74 Å². The summed E-state index contributed by atoms with van der Waals surface area (Å²) in [5.41, 5.74) is 0.163. The molecule has 0 saturated carbocycles. The Balaban J connectivity index is 1.96. The Labute approximate surface area is 147 Å². The molecule has 0 spiro atoms. The SMILES string of the molecule is CN(CC(=O)NC(C)(C)C)C(=O)c1ccc(Oc2cccnc2)cc1. The van der Waals surface area contributed by atoms with Crippen molar-refractivity contribution in [3.05, 3.63) is 54.4 Å². The molecule has 0 saturated heterocycles. The molecule has 6 nitrogen and oxygen atoms in total. The number of carbonyl (C=O) groups is 2. The second-order valence-corrected chi connectivity index (χ2v) is 6.77. The summed E-state index contributed by atoms with van der Waals surface area (Å²) in [4.78, 5) is 29.7. The highest BCUT2D eigenvalue weighted by Crippen LogP contribution is 2.20. The summed E-state index contributed by atoms with van der Waals surface area (Å²) in [6.45, 7) is 5.69. The van der Waals surface area contributed by atoms with Crippen molar-refractivity contribution >= 4 is 11.8 Å². The van der Waals surface area contributed by atoms with Crippen molar-refractivity contribution in [3.8, 4) is 11.5 Å². The molecule has 0 aliphatic heterocycles. The Kier molecular flexibility index (Phi) is 5.75. The van der Waals surface area contributed by atoms with Gasteiger partial charge in [0.2, 0.25) is 5.91 Å². The third-order valence-corrected chi connectivity index (χ3v) is 3.21. The van der Waals surface area contributed by atoms with E-state index in [1.807, 2.05) is 20.8 Å². The third kappa shape index (κ3) is 5.91. The van der Waals surface area contributed by atoms with Gasteiger partial charge in [-0.25, -0.2) is 0 Å². The van der Waals surface area contributed by atoms with Crippen LogP contribution in [0.2, 0.25) is 0 Å². The second kappa shape index (κ2) is 7.79. The smallest absolute Gasteiger partial charge is 0.254 e. The van der Waals surface area contributed by atoms with E-state index in [1.54, 1.807) is 55.8 Å². The molecule has 2 aromatic rings. The molecule has 6 heteroatoms. The van der Waals surface area contributed by atoms with Crippen LogP contribution in [0.4, 0.5) is 0 Å². The van der Waals surface area contributed by atoms with Crippen LogP contribution in [0, 0.1) is 0 Å². The number of nitrogens with one attached hydrogen (secondary N) is 1. The average molecular weight is 341 g/mol. The van der Waals surface area contributed by atoms with Gasteiger partial charge >= 0.3 is 0 Å². The van der Waals surface area contributed by atoms with Gasteiger partial charge in [0.15, 0.2) is 0 Å². The van der Waals surface area contributed by atoms with Crippen LogP contribution in [0.15, 0.2) is 48.8 Å². The van der Waals surface area contributed by atoms with Gasteiger partial charge in [-0.05, 0) is 57.2 Å². The minimum Gasteiger partial charge on any atom is -0.456 e. The minimum absolute atomic E-state index is 0.00401. The normalized spacial score (nSPS) is 10.9. The lowest BCUT2D eigenvalue weighted by atomic mass is 10.1. The number of aromatic nitrogens is 1. The molecule has 0 atom stereocenters. The fourth-order valence-corrected chi connectivity index (χ4v) is 2.17. The third-order valence-electron chi connectivity index (χ3n) is 3.21. The number of hydrogen-bond acceptors (Lipinski definition) is 4. The van der Waals surface area contributed by atoms with Crippen molar-refractivity contribution in [3.63, 3.8) is 0 Å². The lowest BCUT2D eigenvalue weighted by molar-refractivity contribution is -0.122. The average Bonchev–Trinajstić information content (AvgIpc) is 2.54. The highest BCUT2D eigenvalue weighted by molar-refractivity contribution is 5.96. The first-order valence-electron chi connectivity index (χ1n) is 7.99. The van der Waals surface area contributed by atoms with Crippen molar-refractivity contribution in [2.24, 2.45) is 0 Å². The number of carbonyl (C=O) groups excluding carboxylic acids is 2. The van der Waals surface area contributed by atoms with Gasteiger partial charge in [-0.1, -0.05) is 0 Å². The molecule has 1 N–H and O–H groups in total. The van der Waals surface area contributed by atoms with Gasteiger partial charge in [0.05, 0.1) is 12.7 Å². The maximum atomic E-state index is 12.4. The summed E-state index contributed by atoms with van der Waals surface area (Å²) in [6, 6.07) is 10.4. The Hall–Kier alpha value is -2.89. The Morgan fingerprint density at radius 2 is 1.80 bits per heavy atom. The molecule has 0 radical (unpaired) electrons. The molecule has 0 aliphatic carbocycles. The lowest BCUT2D eigenvalue weighted by Gasteiger charge is -2.23.